The van der Waals surface area contributed by atoms with Crippen molar-refractivity contribution in [2.24, 2.45) is 0 Å². The largest absolute Gasteiger partial charge is 0.319 e. The van der Waals surface area contributed by atoms with Gasteiger partial charge in [-0.25, -0.2) is 6.57 Å². The lowest BCUT2D eigenvalue weighted by Gasteiger charge is -2.04. The van der Waals surface area contributed by atoms with E-state index in [1.807, 2.05) is 19.1 Å². The van der Waals surface area contributed by atoms with E-state index in [0.717, 1.165) is 10.0 Å². The molecule has 1 rings (SSSR count). The number of aryl methyl sites for hydroxylation is 1. The Hall–Kier alpha value is -1.34. The van der Waals surface area contributed by atoms with Crippen molar-refractivity contribution in [2.75, 3.05) is 11.9 Å². The summed E-state index contributed by atoms with van der Waals surface area (Å²) in [7, 11) is 0. The molecule has 1 N–H and O–H groups in total. The fraction of sp³-hybridized carbons (Fsp3) is 0.200. The van der Waals surface area contributed by atoms with E-state index >= 15 is 0 Å². The Morgan fingerprint density at radius 2 is 2.36 bits per heavy atom. The summed E-state index contributed by atoms with van der Waals surface area (Å²) in [6, 6.07) is 5.62. The first-order valence-corrected chi connectivity index (χ1v) is 4.82. The van der Waals surface area contributed by atoms with Crippen LogP contribution in [0.25, 0.3) is 4.85 Å². The van der Waals surface area contributed by atoms with E-state index in [1.165, 1.54) is 0 Å². The first-order valence-electron chi connectivity index (χ1n) is 4.02. The lowest BCUT2D eigenvalue weighted by atomic mass is 10.2. The summed E-state index contributed by atoms with van der Waals surface area (Å²) in [5.74, 6) is -0.287. The van der Waals surface area contributed by atoms with E-state index in [2.05, 4.69) is 26.1 Å². The predicted octanol–water partition coefficient (Wildman–Crippen LogP) is 2.62. The van der Waals surface area contributed by atoms with Crippen molar-refractivity contribution in [1.29, 1.82) is 0 Å². The van der Waals surface area contributed by atoms with Crippen molar-refractivity contribution in [2.45, 2.75) is 6.92 Å². The molecule has 0 aliphatic carbocycles. The van der Waals surface area contributed by atoms with Crippen LogP contribution in [0.2, 0.25) is 0 Å². The second-order valence-electron chi connectivity index (χ2n) is 2.85. The molecule has 4 heteroatoms. The van der Waals surface area contributed by atoms with E-state index in [9.17, 15) is 4.79 Å². The predicted molar refractivity (Wildman–Crippen MR) is 59.0 cm³/mol. The Kier molecular flexibility index (Phi) is 3.66. The second kappa shape index (κ2) is 4.77. The molecule has 1 aromatic rings. The van der Waals surface area contributed by atoms with Crippen molar-refractivity contribution in [3.8, 4) is 0 Å². The van der Waals surface area contributed by atoms with Crippen LogP contribution in [0.5, 0.6) is 0 Å². The van der Waals surface area contributed by atoms with Crippen molar-refractivity contribution < 1.29 is 4.79 Å². The van der Waals surface area contributed by atoms with Gasteiger partial charge in [-0.15, -0.1) is 0 Å². The molecule has 0 saturated heterocycles. The van der Waals surface area contributed by atoms with Crippen LogP contribution in [0.3, 0.4) is 0 Å². The zero-order valence-corrected chi connectivity index (χ0v) is 9.26. The van der Waals surface area contributed by atoms with Gasteiger partial charge in [-0.1, -0.05) is 6.07 Å². The minimum atomic E-state index is -0.287. The summed E-state index contributed by atoms with van der Waals surface area (Å²) in [5.41, 5.74) is 1.81. The number of anilines is 1. The highest BCUT2D eigenvalue weighted by atomic mass is 79.9. The molecular formula is C10H9BrN2O. The fourth-order valence-electron chi connectivity index (χ4n) is 0.983. The number of benzene rings is 1. The molecule has 0 heterocycles. The molecule has 0 aliphatic rings. The van der Waals surface area contributed by atoms with Gasteiger partial charge >= 0.3 is 5.91 Å². The average Bonchev–Trinajstić information content (AvgIpc) is 2.10. The number of nitrogens with zero attached hydrogens (tertiary/aromatic N) is 1. The molecule has 1 aromatic carbocycles. The van der Waals surface area contributed by atoms with Gasteiger partial charge in [0.05, 0.1) is 5.69 Å². The van der Waals surface area contributed by atoms with E-state index in [4.69, 9.17) is 6.57 Å². The van der Waals surface area contributed by atoms with Gasteiger partial charge in [0.1, 0.15) is 0 Å². The molecule has 14 heavy (non-hydrogen) atoms. The molecule has 0 spiro atoms. The number of amides is 1. The summed E-state index contributed by atoms with van der Waals surface area (Å²) < 4.78 is 0.829. The normalized spacial score (nSPS) is 9.21. The van der Waals surface area contributed by atoms with Crippen LogP contribution in [0, 0.1) is 13.5 Å². The average molecular weight is 253 g/mol. The van der Waals surface area contributed by atoms with Crippen LogP contribution in [0.15, 0.2) is 22.7 Å². The summed E-state index contributed by atoms with van der Waals surface area (Å²) >= 11 is 3.33. The quantitative estimate of drug-likeness (QED) is 0.807. The van der Waals surface area contributed by atoms with Gasteiger partial charge in [0.2, 0.25) is 0 Å². The van der Waals surface area contributed by atoms with Crippen molar-refractivity contribution in [1.82, 2.24) is 0 Å². The molecule has 0 unspecified atom stereocenters. The molecule has 1 amide bonds. The Morgan fingerprint density at radius 1 is 1.64 bits per heavy atom. The Morgan fingerprint density at radius 3 is 2.93 bits per heavy atom. The van der Waals surface area contributed by atoms with E-state index in [1.54, 1.807) is 6.07 Å². The fourth-order valence-corrected chi connectivity index (χ4v) is 1.58. The third-order valence-corrected chi connectivity index (χ3v) is 2.28. The number of carbonyl (C=O) groups excluding carboxylic acids is 1. The van der Waals surface area contributed by atoms with Crippen LogP contribution in [0.1, 0.15) is 5.56 Å². The second-order valence-corrected chi connectivity index (χ2v) is 3.70. The molecule has 0 saturated carbocycles. The van der Waals surface area contributed by atoms with Crippen molar-refractivity contribution in [3.05, 3.63) is 39.7 Å². The van der Waals surface area contributed by atoms with Crippen LogP contribution < -0.4 is 5.32 Å². The molecule has 72 valence electrons. The molecule has 0 radical (unpaired) electrons. The van der Waals surface area contributed by atoms with Gasteiger partial charge in [-0.3, -0.25) is 4.79 Å². The highest BCUT2D eigenvalue weighted by Gasteiger charge is 2.06. The lowest BCUT2D eigenvalue weighted by Crippen LogP contribution is -2.14. The molecule has 0 atom stereocenters. The smallest absolute Gasteiger partial charge is 0.304 e. The number of hydrogen-bond acceptors (Lipinski definition) is 1. The van der Waals surface area contributed by atoms with Gasteiger partial charge in [0.15, 0.2) is 0 Å². The van der Waals surface area contributed by atoms with Gasteiger partial charge < -0.3 is 10.2 Å². The standard InChI is InChI=1S/C10H9BrN2O/c1-7-3-4-9(8(11)5-7)13-10(14)6-12-2/h3-5H,6H2,1H3,(H,13,14). The Balaban J connectivity index is 2.78. The van der Waals surface area contributed by atoms with Crippen LogP contribution in [0.4, 0.5) is 5.69 Å². The molecule has 0 bridgehead atoms. The maximum absolute atomic E-state index is 11.1. The summed E-state index contributed by atoms with van der Waals surface area (Å²) in [5, 5.41) is 2.64. The Bertz CT molecular complexity index is 396. The minimum Gasteiger partial charge on any atom is -0.319 e. The van der Waals surface area contributed by atoms with Crippen LogP contribution in [-0.4, -0.2) is 12.5 Å². The van der Waals surface area contributed by atoms with Crippen LogP contribution in [-0.2, 0) is 4.79 Å². The monoisotopic (exact) mass is 252 g/mol. The van der Waals surface area contributed by atoms with Crippen LogP contribution >= 0.6 is 15.9 Å². The van der Waals surface area contributed by atoms with E-state index in [0.29, 0.717) is 5.69 Å². The Labute approximate surface area is 91.1 Å². The number of halogens is 1. The first-order chi connectivity index (χ1) is 6.63. The topological polar surface area (TPSA) is 33.5 Å². The summed E-state index contributed by atoms with van der Waals surface area (Å²) in [6.45, 7) is 8.37. The third kappa shape index (κ3) is 2.86. The zero-order valence-electron chi connectivity index (χ0n) is 7.67. The third-order valence-electron chi connectivity index (χ3n) is 1.62. The molecular weight excluding hydrogens is 244 g/mol. The maximum Gasteiger partial charge on any atom is 0.304 e. The number of hydrogen-bond donors (Lipinski definition) is 1. The molecule has 0 fully saturated rings. The van der Waals surface area contributed by atoms with E-state index < -0.39 is 0 Å². The van der Waals surface area contributed by atoms with Crippen molar-refractivity contribution in [3.63, 3.8) is 0 Å². The number of nitrogens with one attached hydrogen (secondary N) is 1. The summed E-state index contributed by atoms with van der Waals surface area (Å²) in [4.78, 5) is 14.1. The highest BCUT2D eigenvalue weighted by Crippen LogP contribution is 2.23. The molecule has 3 nitrogen and oxygen atoms in total. The van der Waals surface area contributed by atoms with Gasteiger partial charge in [0, 0.05) is 4.47 Å². The SMILES string of the molecule is [C-]#[N+]CC(=O)Nc1ccc(C)cc1Br. The van der Waals surface area contributed by atoms with Gasteiger partial charge in [-0.05, 0) is 40.5 Å². The van der Waals surface area contributed by atoms with Gasteiger partial charge in [-0.2, -0.15) is 0 Å². The number of rotatable bonds is 2. The number of carbonyl (C=O) groups is 1. The first kappa shape index (κ1) is 10.7. The van der Waals surface area contributed by atoms with Crippen molar-refractivity contribution >= 4 is 27.5 Å². The highest BCUT2D eigenvalue weighted by molar-refractivity contribution is 9.10. The summed E-state index contributed by atoms with van der Waals surface area (Å²) in [6.07, 6.45) is 0. The molecule has 0 aromatic heterocycles. The minimum absolute atomic E-state index is 0.139. The molecule has 0 aliphatic heterocycles. The lowest BCUT2D eigenvalue weighted by molar-refractivity contribution is -0.114. The van der Waals surface area contributed by atoms with Gasteiger partial charge in [0.25, 0.3) is 6.54 Å². The zero-order chi connectivity index (χ0) is 10.6. The van der Waals surface area contributed by atoms with E-state index in [-0.39, 0.29) is 12.5 Å². The maximum atomic E-state index is 11.1.